The summed E-state index contributed by atoms with van der Waals surface area (Å²) in [6, 6.07) is 3.67. The molecule has 1 N–H and O–H groups in total. The van der Waals surface area contributed by atoms with Crippen molar-refractivity contribution < 1.29 is 9.59 Å². The molecule has 2 rings (SSSR count). The Bertz CT molecular complexity index is 437. The number of Topliss-reactive ketones (excluding diaryl/α,β-unsaturated/α-hetero) is 1. The van der Waals surface area contributed by atoms with Gasteiger partial charge >= 0.3 is 0 Å². The minimum Gasteiger partial charge on any atom is -0.355 e. The van der Waals surface area contributed by atoms with E-state index in [9.17, 15) is 9.59 Å². The minimum absolute atomic E-state index is 0.0188. The van der Waals surface area contributed by atoms with Gasteiger partial charge in [-0.15, -0.1) is 11.3 Å². The van der Waals surface area contributed by atoms with E-state index in [2.05, 4.69) is 10.2 Å². The van der Waals surface area contributed by atoms with Crippen molar-refractivity contribution in [2.45, 2.75) is 38.5 Å². The first-order valence-corrected chi connectivity index (χ1v) is 8.69. The zero-order valence-electron chi connectivity index (χ0n) is 12.5. The van der Waals surface area contributed by atoms with Crippen LogP contribution in [0.15, 0.2) is 17.5 Å². The second-order valence-electron chi connectivity index (χ2n) is 5.51. The fraction of sp³-hybridized carbons (Fsp3) is 0.625. The van der Waals surface area contributed by atoms with E-state index in [-0.39, 0.29) is 18.1 Å². The van der Waals surface area contributed by atoms with Gasteiger partial charge in [0.2, 0.25) is 5.91 Å². The Kier molecular flexibility index (Phi) is 6.89. The topological polar surface area (TPSA) is 49.4 Å². The molecule has 21 heavy (non-hydrogen) atoms. The van der Waals surface area contributed by atoms with Crippen LogP contribution in [-0.2, 0) is 4.79 Å². The number of thiophene rings is 1. The van der Waals surface area contributed by atoms with Crippen LogP contribution in [0.5, 0.6) is 0 Å². The van der Waals surface area contributed by atoms with Gasteiger partial charge in [0.1, 0.15) is 0 Å². The predicted octanol–water partition coefficient (Wildman–Crippen LogP) is 2.70. The molecule has 5 heteroatoms. The van der Waals surface area contributed by atoms with Crippen molar-refractivity contribution in [3.63, 3.8) is 0 Å². The number of carbonyl (C=O) groups is 2. The molecule has 0 aromatic carbocycles. The molecular formula is C16H24N2O2S. The number of nitrogens with one attached hydrogen (secondary N) is 1. The molecule has 0 spiro atoms. The van der Waals surface area contributed by atoms with E-state index in [1.54, 1.807) is 0 Å². The Morgan fingerprint density at radius 2 is 1.90 bits per heavy atom. The van der Waals surface area contributed by atoms with Crippen LogP contribution in [0.2, 0.25) is 0 Å². The Morgan fingerprint density at radius 3 is 2.57 bits per heavy atom. The maximum absolute atomic E-state index is 11.8. The Morgan fingerprint density at radius 1 is 1.14 bits per heavy atom. The van der Waals surface area contributed by atoms with Crippen molar-refractivity contribution in [2.24, 2.45) is 0 Å². The largest absolute Gasteiger partial charge is 0.355 e. The molecule has 116 valence electrons. The fourth-order valence-corrected chi connectivity index (χ4v) is 3.28. The third-order valence-electron chi connectivity index (χ3n) is 3.82. The third kappa shape index (κ3) is 5.98. The lowest BCUT2D eigenvalue weighted by Crippen LogP contribution is -2.35. The van der Waals surface area contributed by atoms with E-state index in [0.717, 1.165) is 24.5 Å². The Hall–Kier alpha value is -1.20. The van der Waals surface area contributed by atoms with E-state index < -0.39 is 0 Å². The molecule has 0 unspecified atom stereocenters. The molecule has 2 heterocycles. The number of ketones is 1. The number of hydrogen-bond acceptors (Lipinski definition) is 4. The highest BCUT2D eigenvalue weighted by molar-refractivity contribution is 7.12. The third-order valence-corrected chi connectivity index (χ3v) is 4.73. The summed E-state index contributed by atoms with van der Waals surface area (Å²) in [5.41, 5.74) is 0. The highest BCUT2D eigenvalue weighted by Crippen LogP contribution is 2.12. The predicted molar refractivity (Wildman–Crippen MR) is 85.8 cm³/mol. The number of carbonyl (C=O) groups excluding carboxylic acids is 2. The second-order valence-corrected chi connectivity index (χ2v) is 6.45. The van der Waals surface area contributed by atoms with Gasteiger partial charge in [0, 0.05) is 25.9 Å². The number of amides is 1. The second kappa shape index (κ2) is 8.95. The van der Waals surface area contributed by atoms with Crippen molar-refractivity contribution in [1.82, 2.24) is 10.2 Å². The van der Waals surface area contributed by atoms with E-state index in [4.69, 9.17) is 0 Å². The standard InChI is InChI=1S/C16H24N2O2S/c19-14(15-6-5-13-21-15)7-8-16(20)17-9-12-18-10-3-1-2-4-11-18/h5-6,13H,1-4,7-12H2,(H,17,20). The molecule has 1 aliphatic heterocycles. The molecule has 0 bridgehead atoms. The molecule has 1 fully saturated rings. The molecule has 1 aromatic rings. The van der Waals surface area contributed by atoms with Crippen LogP contribution in [0, 0.1) is 0 Å². The molecule has 1 aromatic heterocycles. The van der Waals surface area contributed by atoms with Crippen LogP contribution in [-0.4, -0.2) is 42.8 Å². The molecule has 1 aliphatic rings. The lowest BCUT2D eigenvalue weighted by molar-refractivity contribution is -0.121. The van der Waals surface area contributed by atoms with Gasteiger partial charge in [0.25, 0.3) is 0 Å². The normalized spacial score (nSPS) is 16.4. The van der Waals surface area contributed by atoms with E-state index in [0.29, 0.717) is 13.0 Å². The molecule has 0 atom stereocenters. The Balaban J connectivity index is 1.58. The summed E-state index contributed by atoms with van der Waals surface area (Å²) < 4.78 is 0. The van der Waals surface area contributed by atoms with Crippen LogP contribution in [0.1, 0.15) is 48.2 Å². The molecular weight excluding hydrogens is 284 g/mol. The van der Waals surface area contributed by atoms with E-state index in [1.807, 2.05) is 17.5 Å². The monoisotopic (exact) mass is 308 g/mol. The van der Waals surface area contributed by atoms with Gasteiger partial charge in [-0.25, -0.2) is 0 Å². The van der Waals surface area contributed by atoms with Crippen LogP contribution < -0.4 is 5.32 Å². The van der Waals surface area contributed by atoms with Crippen molar-refractivity contribution in [3.05, 3.63) is 22.4 Å². The van der Waals surface area contributed by atoms with E-state index in [1.165, 1.54) is 37.0 Å². The van der Waals surface area contributed by atoms with Crippen molar-refractivity contribution >= 4 is 23.0 Å². The van der Waals surface area contributed by atoms with Crippen LogP contribution in [0.4, 0.5) is 0 Å². The average Bonchev–Trinajstić information content (AvgIpc) is 2.90. The van der Waals surface area contributed by atoms with Crippen LogP contribution in [0.3, 0.4) is 0 Å². The number of nitrogens with zero attached hydrogens (tertiary/aromatic N) is 1. The highest BCUT2D eigenvalue weighted by atomic mass is 32.1. The molecule has 0 saturated carbocycles. The van der Waals surface area contributed by atoms with Gasteiger partial charge in [0.05, 0.1) is 4.88 Å². The zero-order chi connectivity index (χ0) is 14.9. The van der Waals surface area contributed by atoms with Gasteiger partial charge in [-0.2, -0.15) is 0 Å². The first kappa shape index (κ1) is 16.2. The first-order valence-electron chi connectivity index (χ1n) is 7.81. The van der Waals surface area contributed by atoms with Gasteiger partial charge < -0.3 is 10.2 Å². The zero-order valence-corrected chi connectivity index (χ0v) is 13.3. The lowest BCUT2D eigenvalue weighted by atomic mass is 10.2. The van der Waals surface area contributed by atoms with Gasteiger partial charge in [0.15, 0.2) is 5.78 Å². The highest BCUT2D eigenvalue weighted by Gasteiger charge is 2.11. The van der Waals surface area contributed by atoms with Crippen molar-refractivity contribution in [1.29, 1.82) is 0 Å². The van der Waals surface area contributed by atoms with Gasteiger partial charge in [-0.1, -0.05) is 18.9 Å². The molecule has 4 nitrogen and oxygen atoms in total. The van der Waals surface area contributed by atoms with Gasteiger partial charge in [-0.3, -0.25) is 9.59 Å². The minimum atomic E-state index is -0.0188. The summed E-state index contributed by atoms with van der Waals surface area (Å²) in [6.45, 7) is 3.90. The van der Waals surface area contributed by atoms with Crippen molar-refractivity contribution in [2.75, 3.05) is 26.2 Å². The maximum Gasteiger partial charge on any atom is 0.220 e. The smallest absolute Gasteiger partial charge is 0.220 e. The lowest BCUT2D eigenvalue weighted by Gasteiger charge is -2.19. The summed E-state index contributed by atoms with van der Waals surface area (Å²) in [5.74, 6) is 0.0439. The average molecular weight is 308 g/mol. The fourth-order valence-electron chi connectivity index (χ4n) is 2.59. The Labute approximate surface area is 130 Å². The number of rotatable bonds is 7. The van der Waals surface area contributed by atoms with Gasteiger partial charge in [-0.05, 0) is 37.4 Å². The maximum atomic E-state index is 11.8. The van der Waals surface area contributed by atoms with Crippen LogP contribution >= 0.6 is 11.3 Å². The summed E-state index contributed by atoms with van der Waals surface area (Å²) in [5, 5.41) is 4.81. The summed E-state index contributed by atoms with van der Waals surface area (Å²) >= 11 is 1.43. The summed E-state index contributed by atoms with van der Waals surface area (Å²) in [4.78, 5) is 26.7. The number of hydrogen-bond donors (Lipinski definition) is 1. The first-order chi connectivity index (χ1) is 10.3. The summed E-state index contributed by atoms with van der Waals surface area (Å²) in [6.07, 6.45) is 5.78. The molecule has 0 radical (unpaired) electrons. The molecule has 1 amide bonds. The van der Waals surface area contributed by atoms with E-state index >= 15 is 0 Å². The SMILES string of the molecule is O=C(CCC(=O)c1cccs1)NCCN1CCCCCC1. The van der Waals surface area contributed by atoms with Crippen molar-refractivity contribution in [3.8, 4) is 0 Å². The number of likely N-dealkylation sites (tertiary alicyclic amines) is 1. The molecule has 1 saturated heterocycles. The molecule has 0 aliphatic carbocycles. The summed E-state index contributed by atoms with van der Waals surface area (Å²) in [7, 11) is 0. The quantitative estimate of drug-likeness (QED) is 0.788. The van der Waals surface area contributed by atoms with Crippen LogP contribution in [0.25, 0.3) is 0 Å².